The SMILES string of the molecule is CC1CCC(NC(=O)c2ccccc2)(C(N)=S)CC1. The van der Waals surface area contributed by atoms with Gasteiger partial charge < -0.3 is 11.1 Å². The van der Waals surface area contributed by atoms with E-state index in [1.54, 1.807) is 12.1 Å². The van der Waals surface area contributed by atoms with Crippen LogP contribution in [0, 0.1) is 5.92 Å². The molecule has 0 aromatic heterocycles. The highest BCUT2D eigenvalue weighted by molar-refractivity contribution is 7.80. The van der Waals surface area contributed by atoms with E-state index in [0.29, 0.717) is 16.5 Å². The molecule has 1 amide bonds. The molecule has 1 fully saturated rings. The molecule has 0 atom stereocenters. The first-order chi connectivity index (χ1) is 9.03. The number of nitrogens with two attached hydrogens (primary N) is 1. The van der Waals surface area contributed by atoms with Crippen LogP contribution in [0.3, 0.4) is 0 Å². The van der Waals surface area contributed by atoms with Crippen LogP contribution in [0.1, 0.15) is 43.0 Å². The smallest absolute Gasteiger partial charge is 0.252 e. The Morgan fingerprint density at radius 3 is 2.42 bits per heavy atom. The normalized spacial score (nSPS) is 26.7. The fraction of sp³-hybridized carbons (Fsp3) is 0.467. The predicted octanol–water partition coefficient (Wildman–Crippen LogP) is 2.65. The molecule has 0 bridgehead atoms. The average molecular weight is 276 g/mol. The molecule has 19 heavy (non-hydrogen) atoms. The number of nitrogens with one attached hydrogen (secondary N) is 1. The van der Waals surface area contributed by atoms with Crippen molar-refractivity contribution in [2.45, 2.75) is 38.1 Å². The maximum absolute atomic E-state index is 12.3. The molecule has 0 radical (unpaired) electrons. The van der Waals surface area contributed by atoms with Crippen LogP contribution in [0.2, 0.25) is 0 Å². The molecular formula is C15H20N2OS. The molecule has 3 nitrogen and oxygen atoms in total. The van der Waals surface area contributed by atoms with Crippen molar-refractivity contribution in [1.29, 1.82) is 0 Å². The Morgan fingerprint density at radius 2 is 1.89 bits per heavy atom. The molecule has 1 aliphatic carbocycles. The van der Waals surface area contributed by atoms with E-state index in [1.165, 1.54) is 0 Å². The van der Waals surface area contributed by atoms with Gasteiger partial charge in [0.05, 0.1) is 10.5 Å². The Labute approximate surface area is 119 Å². The summed E-state index contributed by atoms with van der Waals surface area (Å²) in [5.41, 5.74) is 6.04. The second-order valence-corrected chi connectivity index (χ2v) is 5.89. The largest absolute Gasteiger partial charge is 0.391 e. The number of carbonyl (C=O) groups is 1. The van der Waals surface area contributed by atoms with Gasteiger partial charge in [0.1, 0.15) is 0 Å². The molecule has 1 aromatic carbocycles. The van der Waals surface area contributed by atoms with Gasteiger partial charge in [-0.15, -0.1) is 0 Å². The van der Waals surface area contributed by atoms with Crippen molar-refractivity contribution in [3.8, 4) is 0 Å². The van der Waals surface area contributed by atoms with E-state index in [1.807, 2.05) is 18.2 Å². The molecule has 0 unspecified atom stereocenters. The van der Waals surface area contributed by atoms with Crippen molar-refractivity contribution in [3.05, 3.63) is 35.9 Å². The molecule has 0 spiro atoms. The minimum atomic E-state index is -0.505. The van der Waals surface area contributed by atoms with Gasteiger partial charge in [0.15, 0.2) is 0 Å². The van der Waals surface area contributed by atoms with Crippen LogP contribution in [0.15, 0.2) is 30.3 Å². The third kappa shape index (κ3) is 3.13. The van der Waals surface area contributed by atoms with E-state index in [-0.39, 0.29) is 5.91 Å². The highest BCUT2D eigenvalue weighted by Gasteiger charge is 2.38. The summed E-state index contributed by atoms with van der Waals surface area (Å²) >= 11 is 5.20. The molecule has 1 aromatic rings. The minimum Gasteiger partial charge on any atom is -0.391 e. The molecule has 3 N–H and O–H groups in total. The fourth-order valence-electron chi connectivity index (χ4n) is 2.57. The predicted molar refractivity (Wildman–Crippen MR) is 81.1 cm³/mol. The second kappa shape index (κ2) is 5.70. The maximum Gasteiger partial charge on any atom is 0.252 e. The zero-order valence-corrected chi connectivity index (χ0v) is 12.0. The lowest BCUT2D eigenvalue weighted by atomic mass is 9.77. The van der Waals surface area contributed by atoms with E-state index in [0.717, 1.165) is 25.7 Å². The Bertz CT molecular complexity index is 464. The van der Waals surface area contributed by atoms with Crippen molar-refractivity contribution in [1.82, 2.24) is 5.32 Å². The first kappa shape index (κ1) is 14.0. The van der Waals surface area contributed by atoms with Crippen molar-refractivity contribution >= 4 is 23.1 Å². The van der Waals surface area contributed by atoms with Gasteiger partial charge in [-0.25, -0.2) is 0 Å². The molecule has 1 saturated carbocycles. The summed E-state index contributed by atoms with van der Waals surface area (Å²) in [5.74, 6) is 0.582. The lowest BCUT2D eigenvalue weighted by Gasteiger charge is -2.39. The highest BCUT2D eigenvalue weighted by Crippen LogP contribution is 2.32. The number of thiocarbonyl (C=S) groups is 1. The van der Waals surface area contributed by atoms with Gasteiger partial charge in [0, 0.05) is 5.56 Å². The summed E-state index contributed by atoms with van der Waals surface area (Å²) in [7, 11) is 0. The van der Waals surface area contributed by atoms with Crippen molar-refractivity contribution in [2.75, 3.05) is 0 Å². The number of carbonyl (C=O) groups excluding carboxylic acids is 1. The lowest BCUT2D eigenvalue weighted by molar-refractivity contribution is 0.0900. The van der Waals surface area contributed by atoms with Gasteiger partial charge in [0.25, 0.3) is 5.91 Å². The summed E-state index contributed by atoms with van der Waals surface area (Å²) in [5, 5.41) is 3.06. The third-order valence-electron chi connectivity index (χ3n) is 3.99. The van der Waals surface area contributed by atoms with E-state index < -0.39 is 5.54 Å². The monoisotopic (exact) mass is 276 g/mol. The van der Waals surface area contributed by atoms with E-state index >= 15 is 0 Å². The molecule has 2 rings (SSSR count). The van der Waals surface area contributed by atoms with Crippen LogP contribution in [0.5, 0.6) is 0 Å². The number of benzene rings is 1. The van der Waals surface area contributed by atoms with Crippen molar-refractivity contribution in [3.63, 3.8) is 0 Å². The average Bonchev–Trinajstić information content (AvgIpc) is 2.42. The lowest BCUT2D eigenvalue weighted by Crippen LogP contribution is -2.58. The second-order valence-electron chi connectivity index (χ2n) is 5.45. The zero-order chi connectivity index (χ0) is 13.9. The van der Waals surface area contributed by atoms with Gasteiger partial charge in [-0.3, -0.25) is 4.79 Å². The summed E-state index contributed by atoms with van der Waals surface area (Å²) in [6.45, 7) is 2.22. The summed E-state index contributed by atoms with van der Waals surface area (Å²) in [4.78, 5) is 12.7. The van der Waals surface area contributed by atoms with E-state index in [4.69, 9.17) is 18.0 Å². The first-order valence-corrected chi connectivity index (χ1v) is 7.12. The van der Waals surface area contributed by atoms with Crippen LogP contribution in [-0.2, 0) is 0 Å². The van der Waals surface area contributed by atoms with Gasteiger partial charge in [-0.2, -0.15) is 0 Å². The Balaban J connectivity index is 2.14. The zero-order valence-electron chi connectivity index (χ0n) is 11.2. The topological polar surface area (TPSA) is 55.1 Å². The standard InChI is InChI=1S/C15H20N2OS/c1-11-7-9-15(10-8-11,14(16)19)17-13(18)12-5-3-2-4-6-12/h2-6,11H,7-10H2,1H3,(H2,16,19)(H,17,18). The molecular weight excluding hydrogens is 256 g/mol. The summed E-state index contributed by atoms with van der Waals surface area (Å²) < 4.78 is 0. The summed E-state index contributed by atoms with van der Waals surface area (Å²) in [6, 6.07) is 9.20. The van der Waals surface area contributed by atoms with Gasteiger partial charge >= 0.3 is 0 Å². The summed E-state index contributed by atoms with van der Waals surface area (Å²) in [6.07, 6.45) is 3.77. The quantitative estimate of drug-likeness (QED) is 0.835. The molecule has 102 valence electrons. The number of hydrogen-bond donors (Lipinski definition) is 2. The van der Waals surface area contributed by atoms with Crippen LogP contribution < -0.4 is 11.1 Å². The van der Waals surface area contributed by atoms with Crippen LogP contribution >= 0.6 is 12.2 Å². The van der Waals surface area contributed by atoms with Crippen molar-refractivity contribution < 1.29 is 4.79 Å². The molecule has 4 heteroatoms. The number of amides is 1. The number of rotatable bonds is 3. The third-order valence-corrected chi connectivity index (χ3v) is 4.38. The minimum absolute atomic E-state index is 0.0945. The highest BCUT2D eigenvalue weighted by atomic mass is 32.1. The molecule has 0 aliphatic heterocycles. The van der Waals surface area contributed by atoms with Crippen LogP contribution in [0.4, 0.5) is 0 Å². The van der Waals surface area contributed by atoms with E-state index in [9.17, 15) is 4.79 Å². The number of hydrogen-bond acceptors (Lipinski definition) is 2. The first-order valence-electron chi connectivity index (χ1n) is 6.71. The van der Waals surface area contributed by atoms with Gasteiger partial charge in [-0.1, -0.05) is 37.3 Å². The molecule has 0 heterocycles. The molecule has 1 aliphatic rings. The van der Waals surface area contributed by atoms with Crippen LogP contribution in [-0.4, -0.2) is 16.4 Å². The Hall–Kier alpha value is -1.42. The van der Waals surface area contributed by atoms with Crippen LogP contribution in [0.25, 0.3) is 0 Å². The Kier molecular flexibility index (Phi) is 4.20. The molecule has 0 saturated heterocycles. The maximum atomic E-state index is 12.3. The fourth-order valence-corrected chi connectivity index (χ4v) is 2.82. The van der Waals surface area contributed by atoms with Gasteiger partial charge in [-0.05, 0) is 43.7 Å². The van der Waals surface area contributed by atoms with Crippen molar-refractivity contribution in [2.24, 2.45) is 11.7 Å². The Morgan fingerprint density at radius 1 is 1.32 bits per heavy atom. The van der Waals surface area contributed by atoms with Gasteiger partial charge in [0.2, 0.25) is 0 Å². The van der Waals surface area contributed by atoms with E-state index in [2.05, 4.69) is 12.2 Å².